The monoisotopic (exact) mass is 198 g/mol. The molecule has 0 aliphatic heterocycles. The van der Waals surface area contributed by atoms with E-state index in [9.17, 15) is 0 Å². The van der Waals surface area contributed by atoms with Gasteiger partial charge in [0.1, 0.15) is 0 Å². The lowest BCUT2D eigenvalue weighted by molar-refractivity contribution is -0.667. The lowest BCUT2D eigenvalue weighted by atomic mass is 10.2. The van der Waals surface area contributed by atoms with E-state index in [0.717, 1.165) is 6.54 Å². The van der Waals surface area contributed by atoms with Gasteiger partial charge in [-0.2, -0.15) is 4.57 Å². The predicted molar refractivity (Wildman–Crippen MR) is 63.7 cm³/mol. The molecular weight excluding hydrogens is 182 g/mol. The number of benzene rings is 1. The predicted octanol–water partition coefficient (Wildman–Crippen LogP) is 3.01. The number of fused-ring (bicyclic) bond motifs is 1. The van der Waals surface area contributed by atoms with E-state index in [2.05, 4.69) is 67.0 Å². The third-order valence-electron chi connectivity index (χ3n) is 2.68. The maximum Gasteiger partial charge on any atom is 0.212 e. The summed E-state index contributed by atoms with van der Waals surface area (Å²) in [6, 6.07) is 12.8. The minimum absolute atomic E-state index is 0.948. The number of pyridine rings is 1. The summed E-state index contributed by atoms with van der Waals surface area (Å²) in [5.74, 6) is 0. The minimum Gasteiger partial charge on any atom is -0.192 e. The zero-order chi connectivity index (χ0) is 10.7. The summed E-state index contributed by atoms with van der Waals surface area (Å²) in [5.41, 5.74) is 2.60. The second-order valence-corrected chi connectivity index (χ2v) is 3.71. The average Bonchev–Trinajstić information content (AvgIpc) is 2.28. The molecule has 15 heavy (non-hydrogen) atoms. The summed E-state index contributed by atoms with van der Waals surface area (Å²) in [4.78, 5) is 0. The number of aromatic nitrogens is 1. The van der Waals surface area contributed by atoms with Gasteiger partial charge in [0, 0.05) is 24.4 Å². The molecule has 0 atom stereocenters. The lowest BCUT2D eigenvalue weighted by Gasteiger charge is -2.01. The Bertz CT molecular complexity index is 498. The first-order valence-corrected chi connectivity index (χ1v) is 5.32. The van der Waals surface area contributed by atoms with E-state index in [4.69, 9.17) is 0 Å². The van der Waals surface area contributed by atoms with Crippen molar-refractivity contribution in [3.63, 3.8) is 0 Å². The van der Waals surface area contributed by atoms with Crippen LogP contribution in [0, 0.1) is 6.92 Å². The van der Waals surface area contributed by atoms with E-state index >= 15 is 0 Å². The minimum atomic E-state index is 0.948. The molecule has 2 rings (SSSR count). The second-order valence-electron chi connectivity index (χ2n) is 3.71. The van der Waals surface area contributed by atoms with Crippen LogP contribution < -0.4 is 4.57 Å². The van der Waals surface area contributed by atoms with Gasteiger partial charge in [-0.1, -0.05) is 18.2 Å². The van der Waals surface area contributed by atoms with E-state index in [0.29, 0.717) is 0 Å². The Hall–Kier alpha value is -1.63. The number of allylic oxidation sites excluding steroid dienone is 2. The Balaban J connectivity index is 2.63. The molecule has 0 saturated heterocycles. The van der Waals surface area contributed by atoms with Gasteiger partial charge in [0.2, 0.25) is 5.52 Å². The summed E-state index contributed by atoms with van der Waals surface area (Å²) >= 11 is 0. The van der Waals surface area contributed by atoms with Crippen LogP contribution in [0.15, 0.2) is 48.6 Å². The fourth-order valence-corrected chi connectivity index (χ4v) is 1.82. The molecule has 0 radical (unpaired) electrons. The molecular formula is C14H16N+. The van der Waals surface area contributed by atoms with Crippen molar-refractivity contribution in [2.24, 2.45) is 0 Å². The molecule has 0 spiro atoms. The van der Waals surface area contributed by atoms with Crippen LogP contribution in [0.4, 0.5) is 0 Å². The van der Waals surface area contributed by atoms with E-state index in [1.165, 1.54) is 16.6 Å². The van der Waals surface area contributed by atoms with Gasteiger partial charge in [0.25, 0.3) is 0 Å². The second kappa shape index (κ2) is 4.26. The summed E-state index contributed by atoms with van der Waals surface area (Å²) in [5, 5.41) is 1.30. The van der Waals surface area contributed by atoms with Crippen LogP contribution in [0.1, 0.15) is 12.6 Å². The molecule has 1 heteroatoms. The first kappa shape index (κ1) is 9.91. The quantitative estimate of drug-likeness (QED) is 0.516. The smallest absolute Gasteiger partial charge is 0.192 e. The molecule has 0 bridgehead atoms. The first-order valence-electron chi connectivity index (χ1n) is 5.32. The zero-order valence-corrected chi connectivity index (χ0v) is 9.27. The van der Waals surface area contributed by atoms with E-state index in [-0.39, 0.29) is 0 Å². The number of hydrogen-bond donors (Lipinski definition) is 0. The van der Waals surface area contributed by atoms with Crippen molar-refractivity contribution in [2.75, 3.05) is 0 Å². The normalized spacial score (nSPS) is 11.3. The maximum absolute atomic E-state index is 2.33. The van der Waals surface area contributed by atoms with Crippen LogP contribution in [0.25, 0.3) is 10.9 Å². The molecule has 0 N–H and O–H groups in total. The fraction of sp³-hybridized carbons (Fsp3) is 0.214. The number of nitrogens with zero attached hydrogens (tertiary/aromatic N) is 1. The molecule has 0 aliphatic carbocycles. The molecule has 1 heterocycles. The Labute approximate surface area is 90.7 Å². The number of aryl methyl sites for hydroxylation is 1. The SMILES string of the molecule is C/C=C/C[n+]1c(C)ccc2ccccc21. The third-order valence-corrected chi connectivity index (χ3v) is 2.68. The van der Waals surface area contributed by atoms with Crippen molar-refractivity contribution in [3.05, 3.63) is 54.2 Å². The van der Waals surface area contributed by atoms with Crippen LogP contribution in [-0.4, -0.2) is 0 Å². The van der Waals surface area contributed by atoms with Crippen molar-refractivity contribution in [1.82, 2.24) is 0 Å². The first-order chi connectivity index (χ1) is 7.33. The summed E-state index contributed by atoms with van der Waals surface area (Å²) in [6.07, 6.45) is 4.27. The van der Waals surface area contributed by atoms with Gasteiger partial charge in [0.15, 0.2) is 12.2 Å². The zero-order valence-electron chi connectivity index (χ0n) is 9.27. The highest BCUT2D eigenvalue weighted by molar-refractivity contribution is 5.75. The number of para-hydroxylation sites is 1. The highest BCUT2D eigenvalue weighted by Crippen LogP contribution is 2.09. The topological polar surface area (TPSA) is 3.88 Å². The van der Waals surface area contributed by atoms with Crippen molar-refractivity contribution >= 4 is 10.9 Å². The summed E-state index contributed by atoms with van der Waals surface area (Å²) in [7, 11) is 0. The van der Waals surface area contributed by atoms with Crippen LogP contribution in [0.2, 0.25) is 0 Å². The lowest BCUT2D eigenvalue weighted by Crippen LogP contribution is -2.36. The molecule has 0 amide bonds. The van der Waals surface area contributed by atoms with Gasteiger partial charge >= 0.3 is 0 Å². The molecule has 0 unspecified atom stereocenters. The van der Waals surface area contributed by atoms with Crippen molar-refractivity contribution in [2.45, 2.75) is 20.4 Å². The Morgan fingerprint density at radius 3 is 2.73 bits per heavy atom. The molecule has 0 saturated carbocycles. The number of hydrogen-bond acceptors (Lipinski definition) is 0. The fourth-order valence-electron chi connectivity index (χ4n) is 1.82. The molecule has 1 aromatic heterocycles. The van der Waals surface area contributed by atoms with E-state index in [1.54, 1.807) is 0 Å². The van der Waals surface area contributed by atoms with Crippen molar-refractivity contribution < 1.29 is 4.57 Å². The van der Waals surface area contributed by atoms with E-state index in [1.807, 2.05) is 0 Å². The van der Waals surface area contributed by atoms with Crippen LogP contribution in [0.3, 0.4) is 0 Å². The average molecular weight is 198 g/mol. The molecule has 76 valence electrons. The van der Waals surface area contributed by atoms with Gasteiger partial charge in [-0.25, -0.2) is 0 Å². The summed E-state index contributed by atoms with van der Waals surface area (Å²) in [6.45, 7) is 5.15. The van der Waals surface area contributed by atoms with Gasteiger partial charge < -0.3 is 0 Å². The highest BCUT2D eigenvalue weighted by atomic mass is 15.0. The van der Waals surface area contributed by atoms with Crippen molar-refractivity contribution in [1.29, 1.82) is 0 Å². The van der Waals surface area contributed by atoms with Crippen LogP contribution in [-0.2, 0) is 6.54 Å². The van der Waals surface area contributed by atoms with Gasteiger partial charge in [-0.3, -0.25) is 0 Å². The van der Waals surface area contributed by atoms with E-state index < -0.39 is 0 Å². The largest absolute Gasteiger partial charge is 0.212 e. The summed E-state index contributed by atoms with van der Waals surface area (Å²) < 4.78 is 2.33. The molecule has 1 aromatic carbocycles. The maximum atomic E-state index is 2.33. The Morgan fingerprint density at radius 2 is 1.93 bits per heavy atom. The van der Waals surface area contributed by atoms with Crippen LogP contribution in [0.5, 0.6) is 0 Å². The molecule has 2 aromatic rings. The van der Waals surface area contributed by atoms with Crippen LogP contribution >= 0.6 is 0 Å². The van der Waals surface area contributed by atoms with Crippen molar-refractivity contribution in [3.8, 4) is 0 Å². The van der Waals surface area contributed by atoms with Gasteiger partial charge in [-0.15, -0.1) is 0 Å². The van der Waals surface area contributed by atoms with Gasteiger partial charge in [-0.05, 0) is 25.1 Å². The standard InChI is InChI=1S/C14H16N/c1-3-4-11-15-12(2)9-10-13-7-5-6-8-14(13)15/h3-10H,11H2,1-2H3/q+1/b4-3+. The number of rotatable bonds is 2. The third kappa shape index (κ3) is 1.91. The highest BCUT2D eigenvalue weighted by Gasteiger charge is 2.09. The molecule has 0 fully saturated rings. The Morgan fingerprint density at radius 1 is 1.13 bits per heavy atom. The molecule has 1 nitrogen and oxygen atoms in total. The van der Waals surface area contributed by atoms with Gasteiger partial charge in [0.05, 0.1) is 0 Å². The Kier molecular flexibility index (Phi) is 2.82. The molecule has 0 aliphatic rings.